The first-order valence-corrected chi connectivity index (χ1v) is 11.8. The predicted octanol–water partition coefficient (Wildman–Crippen LogP) is 4.02. The zero-order valence-corrected chi connectivity index (χ0v) is 19.1. The molecule has 34 heavy (non-hydrogen) atoms. The van der Waals surface area contributed by atoms with Crippen LogP contribution >= 0.6 is 11.3 Å². The van der Waals surface area contributed by atoms with Crippen molar-refractivity contribution in [1.82, 2.24) is 9.80 Å². The third-order valence-electron chi connectivity index (χ3n) is 6.03. The summed E-state index contributed by atoms with van der Waals surface area (Å²) in [6.07, 6.45) is 1.64. The summed E-state index contributed by atoms with van der Waals surface area (Å²) in [7, 11) is 0. The van der Waals surface area contributed by atoms with E-state index in [4.69, 9.17) is 0 Å². The van der Waals surface area contributed by atoms with Crippen LogP contribution in [0.1, 0.15) is 31.2 Å². The number of rotatable bonds is 4. The van der Waals surface area contributed by atoms with E-state index in [1.807, 2.05) is 16.3 Å². The Morgan fingerprint density at radius 2 is 1.71 bits per heavy atom. The van der Waals surface area contributed by atoms with E-state index >= 15 is 0 Å². The average Bonchev–Trinajstić information content (AvgIpc) is 3.39. The molecular weight excluding hydrogens is 458 g/mol. The van der Waals surface area contributed by atoms with Gasteiger partial charge in [-0.25, -0.2) is 8.78 Å². The summed E-state index contributed by atoms with van der Waals surface area (Å²) in [4.78, 5) is 35.9. The highest BCUT2D eigenvalue weighted by Gasteiger charge is 2.27. The molecule has 0 aliphatic carbocycles. The molecule has 2 aliphatic rings. The number of aliphatic imine (C=N–C) groups is 1. The van der Waals surface area contributed by atoms with Crippen LogP contribution in [0.3, 0.4) is 0 Å². The van der Waals surface area contributed by atoms with Crippen LogP contribution in [0.25, 0.3) is 0 Å². The molecule has 2 aliphatic heterocycles. The molecule has 2 aromatic carbocycles. The number of anilines is 1. The molecule has 0 N–H and O–H groups in total. The lowest BCUT2D eigenvalue weighted by molar-refractivity contribution is 0.0535. The highest BCUT2D eigenvalue weighted by atomic mass is 32.1. The number of benzene rings is 2. The Labute approximate surface area is 199 Å². The lowest BCUT2D eigenvalue weighted by atomic mass is 10.1. The Hall–Kier alpha value is -3.59. The van der Waals surface area contributed by atoms with Crippen molar-refractivity contribution in [2.24, 2.45) is 4.99 Å². The number of fused-ring (bicyclic) bond motifs is 1. The summed E-state index contributed by atoms with van der Waals surface area (Å²) in [5.74, 6) is -1.34. The first-order chi connectivity index (χ1) is 16.5. The van der Waals surface area contributed by atoms with Crippen LogP contribution in [0.2, 0.25) is 0 Å². The number of piperazine rings is 1. The number of nitrogens with zero attached hydrogens (tertiary/aromatic N) is 4. The number of amides is 2. The summed E-state index contributed by atoms with van der Waals surface area (Å²) in [5, 5.41) is 1.86. The van der Waals surface area contributed by atoms with Gasteiger partial charge in [0.05, 0.1) is 10.4 Å². The summed E-state index contributed by atoms with van der Waals surface area (Å²) in [5.41, 5.74) is 2.28. The van der Waals surface area contributed by atoms with Gasteiger partial charge in [0.2, 0.25) is 0 Å². The Morgan fingerprint density at radius 1 is 0.941 bits per heavy atom. The van der Waals surface area contributed by atoms with Crippen LogP contribution in [0.5, 0.6) is 0 Å². The number of hydrogen-bond acceptors (Lipinski definition) is 5. The van der Waals surface area contributed by atoms with Crippen molar-refractivity contribution in [2.75, 3.05) is 37.7 Å². The van der Waals surface area contributed by atoms with Crippen molar-refractivity contribution >= 4 is 35.1 Å². The van der Waals surface area contributed by atoms with Gasteiger partial charge in [0.25, 0.3) is 11.8 Å². The molecule has 0 spiro atoms. The molecule has 0 atom stereocenters. The van der Waals surface area contributed by atoms with E-state index < -0.39 is 5.82 Å². The van der Waals surface area contributed by atoms with Gasteiger partial charge in [0.1, 0.15) is 18.3 Å². The summed E-state index contributed by atoms with van der Waals surface area (Å²) in [6, 6.07) is 12.7. The van der Waals surface area contributed by atoms with Gasteiger partial charge in [-0.15, -0.1) is 11.3 Å². The fraction of sp³-hybridized carbons (Fsp3) is 0.240. The van der Waals surface area contributed by atoms with Crippen LogP contribution < -0.4 is 4.90 Å². The second kappa shape index (κ2) is 9.34. The zero-order chi connectivity index (χ0) is 23.7. The maximum atomic E-state index is 14.6. The largest absolute Gasteiger partial charge is 0.347 e. The smallest absolute Gasteiger partial charge is 0.264 e. The van der Waals surface area contributed by atoms with Crippen LogP contribution in [-0.2, 0) is 6.54 Å². The van der Waals surface area contributed by atoms with Crippen LogP contribution in [0.15, 0.2) is 58.9 Å². The van der Waals surface area contributed by atoms with Gasteiger partial charge in [-0.2, -0.15) is 0 Å². The van der Waals surface area contributed by atoms with Gasteiger partial charge in [-0.1, -0.05) is 12.1 Å². The molecule has 0 saturated carbocycles. The van der Waals surface area contributed by atoms with E-state index in [0.29, 0.717) is 49.8 Å². The number of carbonyl (C=O) groups excluding carboxylic acids is 2. The lowest BCUT2D eigenvalue weighted by Crippen LogP contribution is -2.50. The van der Waals surface area contributed by atoms with Crippen molar-refractivity contribution in [2.45, 2.75) is 6.54 Å². The van der Waals surface area contributed by atoms with E-state index in [9.17, 15) is 18.4 Å². The first kappa shape index (κ1) is 22.2. The number of carbonyl (C=O) groups is 2. The van der Waals surface area contributed by atoms with Crippen LogP contribution in [0, 0.1) is 11.6 Å². The Bertz CT molecular complexity index is 1250. The molecule has 9 heteroatoms. The second-order valence-electron chi connectivity index (χ2n) is 8.23. The monoisotopic (exact) mass is 480 g/mol. The minimum Gasteiger partial charge on any atom is -0.347 e. The minimum atomic E-state index is -0.579. The molecule has 0 radical (unpaired) electrons. The normalized spacial score (nSPS) is 15.4. The van der Waals surface area contributed by atoms with Crippen molar-refractivity contribution in [1.29, 1.82) is 0 Å². The SMILES string of the molecule is O=C(c1cccs1)N1CCN(C(=O)c2cc(CN3CN=Cc4cc(F)ccc43)ccc2F)CC1. The van der Waals surface area contributed by atoms with Gasteiger partial charge < -0.3 is 14.7 Å². The average molecular weight is 481 g/mol. The molecule has 5 rings (SSSR count). The summed E-state index contributed by atoms with van der Waals surface area (Å²) >= 11 is 1.39. The quantitative estimate of drug-likeness (QED) is 0.567. The Balaban J connectivity index is 1.28. The summed E-state index contributed by atoms with van der Waals surface area (Å²) in [6.45, 7) is 2.30. The maximum Gasteiger partial charge on any atom is 0.264 e. The fourth-order valence-corrected chi connectivity index (χ4v) is 4.95. The third-order valence-corrected chi connectivity index (χ3v) is 6.89. The number of halogens is 2. The molecule has 1 fully saturated rings. The Morgan fingerprint density at radius 3 is 2.44 bits per heavy atom. The Kier molecular flexibility index (Phi) is 6.10. The molecular formula is C25H22F2N4O2S. The number of thiophene rings is 1. The van der Waals surface area contributed by atoms with Gasteiger partial charge in [-0.3, -0.25) is 14.6 Å². The predicted molar refractivity (Wildman–Crippen MR) is 128 cm³/mol. The molecule has 0 unspecified atom stereocenters. The standard InChI is InChI=1S/C25H22F2N4O2S/c26-19-4-6-22-18(13-19)14-28-16-31(22)15-17-3-5-21(27)20(12-17)24(32)29-7-9-30(10-8-29)25(33)23-2-1-11-34-23/h1-6,11-14H,7-10,15-16H2. The molecule has 174 valence electrons. The molecule has 1 saturated heterocycles. The lowest BCUT2D eigenvalue weighted by Gasteiger charge is -2.34. The topological polar surface area (TPSA) is 56.2 Å². The zero-order valence-electron chi connectivity index (χ0n) is 18.3. The molecule has 3 heterocycles. The van der Waals surface area contributed by atoms with Gasteiger partial charge >= 0.3 is 0 Å². The van der Waals surface area contributed by atoms with E-state index in [-0.39, 0.29) is 23.2 Å². The fourth-order valence-electron chi connectivity index (χ4n) is 4.26. The van der Waals surface area contributed by atoms with E-state index in [1.54, 1.807) is 40.3 Å². The first-order valence-electron chi connectivity index (χ1n) is 10.9. The molecule has 6 nitrogen and oxygen atoms in total. The van der Waals surface area contributed by atoms with Crippen LogP contribution in [-0.4, -0.2) is 60.7 Å². The molecule has 3 aromatic rings. The minimum absolute atomic E-state index is 0.00961. The number of hydrogen-bond donors (Lipinski definition) is 0. The third kappa shape index (κ3) is 4.43. The van der Waals surface area contributed by atoms with Gasteiger partial charge in [0.15, 0.2) is 0 Å². The highest BCUT2D eigenvalue weighted by molar-refractivity contribution is 7.12. The van der Waals surface area contributed by atoms with Gasteiger partial charge in [0, 0.05) is 50.2 Å². The highest BCUT2D eigenvalue weighted by Crippen LogP contribution is 2.26. The summed E-state index contributed by atoms with van der Waals surface area (Å²) < 4.78 is 28.2. The van der Waals surface area contributed by atoms with E-state index in [1.165, 1.54) is 29.5 Å². The molecule has 0 bridgehead atoms. The van der Waals surface area contributed by atoms with Crippen molar-refractivity contribution in [3.05, 3.63) is 87.1 Å². The van der Waals surface area contributed by atoms with Crippen LogP contribution in [0.4, 0.5) is 14.5 Å². The maximum absolute atomic E-state index is 14.6. The van der Waals surface area contributed by atoms with Crippen molar-refractivity contribution in [3.63, 3.8) is 0 Å². The second-order valence-corrected chi connectivity index (χ2v) is 9.18. The van der Waals surface area contributed by atoms with E-state index in [2.05, 4.69) is 4.99 Å². The van der Waals surface area contributed by atoms with Crippen molar-refractivity contribution < 1.29 is 18.4 Å². The van der Waals surface area contributed by atoms with E-state index in [0.717, 1.165) is 11.3 Å². The molecule has 2 amide bonds. The van der Waals surface area contributed by atoms with Crippen molar-refractivity contribution in [3.8, 4) is 0 Å². The van der Waals surface area contributed by atoms with Gasteiger partial charge in [-0.05, 0) is 47.3 Å². The molecule has 1 aromatic heterocycles.